The van der Waals surface area contributed by atoms with Crippen LogP contribution in [0.1, 0.15) is 12.7 Å². The standard InChI is InChI=1S/C6H9BrN2O/c1-4(10)2-6-8-3-5(7)9-6/h3-4,10H,2H2,1H3,(H,8,9). The van der Waals surface area contributed by atoms with Crippen molar-refractivity contribution in [2.24, 2.45) is 0 Å². The second-order valence-corrected chi connectivity index (χ2v) is 3.04. The van der Waals surface area contributed by atoms with Crippen LogP contribution in [0.2, 0.25) is 0 Å². The second kappa shape index (κ2) is 3.16. The van der Waals surface area contributed by atoms with Gasteiger partial charge in [-0.05, 0) is 22.9 Å². The molecule has 1 heterocycles. The van der Waals surface area contributed by atoms with Crippen LogP contribution in [0.3, 0.4) is 0 Å². The van der Waals surface area contributed by atoms with E-state index in [0.717, 1.165) is 10.4 Å². The molecule has 10 heavy (non-hydrogen) atoms. The molecule has 1 rings (SSSR count). The molecule has 4 heteroatoms. The molecule has 0 saturated heterocycles. The molecule has 0 amide bonds. The van der Waals surface area contributed by atoms with Gasteiger partial charge in [-0.1, -0.05) is 0 Å². The molecule has 0 bridgehead atoms. The average Bonchev–Trinajstić information content (AvgIpc) is 2.13. The van der Waals surface area contributed by atoms with Crippen LogP contribution in [0.15, 0.2) is 10.8 Å². The van der Waals surface area contributed by atoms with Gasteiger partial charge in [-0.2, -0.15) is 0 Å². The molecule has 3 nitrogen and oxygen atoms in total. The van der Waals surface area contributed by atoms with Crippen molar-refractivity contribution in [1.82, 2.24) is 9.97 Å². The number of imidazole rings is 1. The summed E-state index contributed by atoms with van der Waals surface area (Å²) in [6.07, 6.45) is 1.99. The summed E-state index contributed by atoms with van der Waals surface area (Å²) in [5.74, 6) is 0.807. The molecule has 56 valence electrons. The van der Waals surface area contributed by atoms with E-state index in [-0.39, 0.29) is 6.10 Å². The van der Waals surface area contributed by atoms with E-state index in [1.807, 2.05) is 0 Å². The highest BCUT2D eigenvalue weighted by molar-refractivity contribution is 9.10. The van der Waals surface area contributed by atoms with Crippen LogP contribution in [0.25, 0.3) is 0 Å². The van der Waals surface area contributed by atoms with Crippen LogP contribution in [-0.2, 0) is 6.42 Å². The lowest BCUT2D eigenvalue weighted by atomic mass is 10.3. The molecule has 0 aliphatic heterocycles. The number of nitrogens with one attached hydrogen (secondary N) is 1. The first-order valence-electron chi connectivity index (χ1n) is 3.06. The molecular formula is C6H9BrN2O. The van der Waals surface area contributed by atoms with E-state index in [0.29, 0.717) is 6.42 Å². The molecule has 1 atom stereocenters. The van der Waals surface area contributed by atoms with Gasteiger partial charge in [-0.15, -0.1) is 0 Å². The number of aliphatic hydroxyl groups excluding tert-OH is 1. The van der Waals surface area contributed by atoms with Crippen molar-refractivity contribution < 1.29 is 5.11 Å². The van der Waals surface area contributed by atoms with Crippen molar-refractivity contribution in [3.8, 4) is 0 Å². The molecule has 0 aliphatic carbocycles. The molecule has 1 aromatic heterocycles. The number of hydrogen-bond donors (Lipinski definition) is 2. The van der Waals surface area contributed by atoms with Gasteiger partial charge in [0.05, 0.1) is 6.10 Å². The molecular weight excluding hydrogens is 196 g/mol. The van der Waals surface area contributed by atoms with Crippen LogP contribution in [-0.4, -0.2) is 21.2 Å². The van der Waals surface area contributed by atoms with Crippen molar-refractivity contribution in [3.63, 3.8) is 0 Å². The summed E-state index contributed by atoms with van der Waals surface area (Å²) in [4.78, 5) is 6.97. The van der Waals surface area contributed by atoms with Crippen molar-refractivity contribution >= 4 is 15.9 Å². The smallest absolute Gasteiger partial charge is 0.124 e. The van der Waals surface area contributed by atoms with Gasteiger partial charge < -0.3 is 10.1 Å². The maximum atomic E-state index is 8.94. The predicted molar refractivity (Wildman–Crippen MR) is 41.7 cm³/mol. The topological polar surface area (TPSA) is 48.9 Å². The van der Waals surface area contributed by atoms with E-state index in [9.17, 15) is 0 Å². The summed E-state index contributed by atoms with van der Waals surface area (Å²) in [6, 6.07) is 0. The first kappa shape index (κ1) is 7.75. The van der Waals surface area contributed by atoms with Gasteiger partial charge in [0, 0.05) is 12.6 Å². The normalized spacial score (nSPS) is 13.5. The number of H-pyrrole nitrogens is 1. The quantitative estimate of drug-likeness (QED) is 0.759. The third-order valence-corrected chi connectivity index (χ3v) is 1.49. The highest BCUT2D eigenvalue weighted by Crippen LogP contribution is 2.05. The van der Waals surface area contributed by atoms with E-state index in [1.165, 1.54) is 0 Å². The Balaban J connectivity index is 2.58. The van der Waals surface area contributed by atoms with Crippen LogP contribution < -0.4 is 0 Å². The molecule has 0 radical (unpaired) electrons. The van der Waals surface area contributed by atoms with E-state index in [4.69, 9.17) is 5.11 Å². The summed E-state index contributed by atoms with van der Waals surface area (Å²) in [7, 11) is 0. The fraction of sp³-hybridized carbons (Fsp3) is 0.500. The Hall–Kier alpha value is -0.350. The van der Waals surface area contributed by atoms with E-state index < -0.39 is 0 Å². The van der Waals surface area contributed by atoms with Gasteiger partial charge in [0.2, 0.25) is 0 Å². The Kier molecular flexibility index (Phi) is 2.45. The maximum absolute atomic E-state index is 8.94. The molecule has 0 spiro atoms. The van der Waals surface area contributed by atoms with Crippen LogP contribution >= 0.6 is 15.9 Å². The first-order chi connectivity index (χ1) is 4.68. The Labute approximate surface area is 67.6 Å². The van der Waals surface area contributed by atoms with Gasteiger partial charge in [0.25, 0.3) is 0 Å². The fourth-order valence-corrected chi connectivity index (χ4v) is 1.05. The van der Waals surface area contributed by atoms with Crippen molar-refractivity contribution in [2.75, 3.05) is 0 Å². The Bertz CT molecular complexity index is 209. The Morgan fingerprint density at radius 2 is 2.60 bits per heavy atom. The predicted octanol–water partition coefficient (Wildman–Crippen LogP) is 1.10. The largest absolute Gasteiger partial charge is 0.393 e. The maximum Gasteiger partial charge on any atom is 0.124 e. The zero-order chi connectivity index (χ0) is 7.56. The third kappa shape index (κ3) is 2.11. The summed E-state index contributed by atoms with van der Waals surface area (Å²) in [5.41, 5.74) is 0. The number of rotatable bonds is 2. The first-order valence-corrected chi connectivity index (χ1v) is 3.85. The van der Waals surface area contributed by atoms with Gasteiger partial charge in [-0.25, -0.2) is 4.98 Å². The van der Waals surface area contributed by atoms with Crippen molar-refractivity contribution in [3.05, 3.63) is 16.6 Å². The lowest BCUT2D eigenvalue weighted by molar-refractivity contribution is 0.193. The number of hydrogen-bond acceptors (Lipinski definition) is 2. The molecule has 0 aromatic carbocycles. The monoisotopic (exact) mass is 204 g/mol. The SMILES string of the molecule is CC(O)Cc1nc(Br)c[nH]1. The van der Waals surface area contributed by atoms with Crippen LogP contribution in [0.5, 0.6) is 0 Å². The van der Waals surface area contributed by atoms with Crippen LogP contribution in [0.4, 0.5) is 0 Å². The zero-order valence-corrected chi connectivity index (χ0v) is 7.22. The number of halogens is 1. The minimum Gasteiger partial charge on any atom is -0.393 e. The average molecular weight is 205 g/mol. The molecule has 0 fully saturated rings. The lowest BCUT2D eigenvalue weighted by Crippen LogP contribution is -2.05. The molecule has 0 saturated carbocycles. The van der Waals surface area contributed by atoms with Crippen LogP contribution in [0, 0.1) is 0 Å². The van der Waals surface area contributed by atoms with Crippen molar-refractivity contribution in [2.45, 2.75) is 19.4 Å². The van der Waals surface area contributed by atoms with Gasteiger partial charge >= 0.3 is 0 Å². The molecule has 2 N–H and O–H groups in total. The number of nitrogens with zero attached hydrogens (tertiary/aromatic N) is 1. The minimum absolute atomic E-state index is 0.335. The molecule has 0 aliphatic rings. The molecule has 1 aromatic rings. The van der Waals surface area contributed by atoms with Gasteiger partial charge in [0.1, 0.15) is 10.4 Å². The van der Waals surface area contributed by atoms with E-state index >= 15 is 0 Å². The minimum atomic E-state index is -0.335. The Morgan fingerprint density at radius 3 is 3.00 bits per heavy atom. The number of aromatic nitrogens is 2. The van der Waals surface area contributed by atoms with Crippen molar-refractivity contribution in [1.29, 1.82) is 0 Å². The number of aromatic amines is 1. The van der Waals surface area contributed by atoms with E-state index in [2.05, 4.69) is 25.9 Å². The second-order valence-electron chi connectivity index (χ2n) is 2.22. The summed E-state index contributed by atoms with van der Waals surface area (Å²) in [6.45, 7) is 1.73. The Morgan fingerprint density at radius 1 is 1.90 bits per heavy atom. The van der Waals surface area contributed by atoms with Gasteiger partial charge in [0.15, 0.2) is 0 Å². The summed E-state index contributed by atoms with van der Waals surface area (Å²) >= 11 is 3.20. The third-order valence-electron chi connectivity index (χ3n) is 1.09. The lowest BCUT2D eigenvalue weighted by Gasteiger charge is -1.97. The van der Waals surface area contributed by atoms with E-state index in [1.54, 1.807) is 13.1 Å². The highest BCUT2D eigenvalue weighted by Gasteiger charge is 2.01. The number of aliphatic hydroxyl groups is 1. The highest BCUT2D eigenvalue weighted by atomic mass is 79.9. The van der Waals surface area contributed by atoms with Gasteiger partial charge in [-0.3, -0.25) is 0 Å². The fourth-order valence-electron chi connectivity index (χ4n) is 0.721. The summed E-state index contributed by atoms with van der Waals surface area (Å²) in [5, 5.41) is 8.94. The molecule has 1 unspecified atom stereocenters. The summed E-state index contributed by atoms with van der Waals surface area (Å²) < 4.78 is 0.781. The zero-order valence-electron chi connectivity index (χ0n) is 5.63.